The van der Waals surface area contributed by atoms with E-state index in [4.69, 9.17) is 16.3 Å². The van der Waals surface area contributed by atoms with Gasteiger partial charge in [0.2, 0.25) is 6.36 Å². The number of benzene rings is 1. The summed E-state index contributed by atoms with van der Waals surface area (Å²) in [6, 6.07) is 12.8. The Morgan fingerprint density at radius 3 is 2.90 bits per heavy atom. The maximum absolute atomic E-state index is 14.6. The highest BCUT2D eigenvalue weighted by Gasteiger charge is 2.47. The van der Waals surface area contributed by atoms with Crippen molar-refractivity contribution >= 4 is 28.4 Å². The van der Waals surface area contributed by atoms with Crippen molar-refractivity contribution in [2.75, 3.05) is 6.61 Å². The minimum atomic E-state index is -1.85. The number of carbonyl (C=O) groups excluding carboxylic acids is 1. The largest absolute Gasteiger partial charge is 0.387 e. The van der Waals surface area contributed by atoms with Crippen molar-refractivity contribution in [3.63, 3.8) is 0 Å². The van der Waals surface area contributed by atoms with Gasteiger partial charge in [0.15, 0.2) is 0 Å². The molecule has 6 nitrogen and oxygen atoms in total. The Labute approximate surface area is 171 Å². The van der Waals surface area contributed by atoms with Crippen LogP contribution >= 0.6 is 11.6 Å². The molecule has 3 atom stereocenters. The lowest BCUT2D eigenvalue weighted by atomic mass is 9.83. The molecule has 3 heterocycles. The zero-order valence-electron chi connectivity index (χ0n) is 15.4. The summed E-state index contributed by atoms with van der Waals surface area (Å²) in [5, 5.41) is 15.0. The smallest absolute Gasteiger partial charge is 0.270 e. The Kier molecular flexibility index (Phi) is 5.45. The number of nitrogens with zero attached hydrogens (tertiary/aromatic N) is 2. The number of aliphatic hydroxyl groups is 1. The van der Waals surface area contributed by atoms with E-state index in [-0.39, 0.29) is 25.1 Å². The number of hydrogen-bond donors (Lipinski definition) is 2. The van der Waals surface area contributed by atoms with Gasteiger partial charge in [0, 0.05) is 24.4 Å². The number of fused-ring (bicyclic) bond motifs is 1. The number of carbonyl (C=O) groups is 1. The molecule has 29 heavy (non-hydrogen) atoms. The van der Waals surface area contributed by atoms with Gasteiger partial charge in [-0.15, -0.1) is 0 Å². The van der Waals surface area contributed by atoms with E-state index in [0.29, 0.717) is 16.2 Å². The van der Waals surface area contributed by atoms with Crippen LogP contribution in [0.5, 0.6) is 0 Å². The maximum atomic E-state index is 14.6. The molecule has 150 valence electrons. The second-order valence-corrected chi connectivity index (χ2v) is 7.47. The predicted molar refractivity (Wildman–Crippen MR) is 106 cm³/mol. The maximum Gasteiger partial charge on any atom is 0.270 e. The summed E-state index contributed by atoms with van der Waals surface area (Å²) in [6.45, 7) is 0.0410. The second kappa shape index (κ2) is 8.02. The topological polar surface area (TPSA) is 84.3 Å². The van der Waals surface area contributed by atoms with Crippen molar-refractivity contribution in [3.8, 4) is 0 Å². The zero-order chi connectivity index (χ0) is 20.4. The molecule has 0 radical (unpaired) electrons. The van der Waals surface area contributed by atoms with E-state index in [0.717, 1.165) is 5.39 Å². The van der Waals surface area contributed by atoms with Crippen molar-refractivity contribution in [1.29, 1.82) is 0 Å². The average molecular weight is 416 g/mol. The third-order valence-corrected chi connectivity index (χ3v) is 5.29. The van der Waals surface area contributed by atoms with Crippen LogP contribution in [0.25, 0.3) is 10.9 Å². The molecular weight excluding hydrogens is 397 g/mol. The minimum Gasteiger partial charge on any atom is -0.387 e. The standard InChI is InChI=1S/C21H19ClFN3O3/c22-17-8-5-13(12-24-17)11-21(28)9-10-29-19(23)18(21)26-20(27)16-7-6-14-3-1-2-4-15(14)25-16/h1-8,12,18-19,28H,9-11H2,(H,26,27)/t18-,19?,21-/m1/s1. The van der Waals surface area contributed by atoms with Gasteiger partial charge in [-0.2, -0.15) is 0 Å². The number of amides is 1. The molecule has 1 saturated heterocycles. The van der Waals surface area contributed by atoms with Crippen LogP contribution in [0.1, 0.15) is 22.5 Å². The molecule has 1 aliphatic heterocycles. The van der Waals surface area contributed by atoms with Gasteiger partial charge in [-0.3, -0.25) is 4.79 Å². The Morgan fingerprint density at radius 2 is 2.10 bits per heavy atom. The molecule has 1 fully saturated rings. The van der Waals surface area contributed by atoms with Gasteiger partial charge in [-0.25, -0.2) is 14.4 Å². The summed E-state index contributed by atoms with van der Waals surface area (Å²) in [5.41, 5.74) is -0.0786. The first-order valence-electron chi connectivity index (χ1n) is 9.20. The summed E-state index contributed by atoms with van der Waals surface area (Å²) in [4.78, 5) is 21.1. The fourth-order valence-electron chi connectivity index (χ4n) is 3.51. The average Bonchev–Trinajstić information content (AvgIpc) is 2.72. The van der Waals surface area contributed by atoms with E-state index in [1.54, 1.807) is 30.3 Å². The zero-order valence-corrected chi connectivity index (χ0v) is 16.1. The van der Waals surface area contributed by atoms with Crippen LogP contribution in [-0.4, -0.2) is 45.6 Å². The van der Waals surface area contributed by atoms with Crippen LogP contribution in [-0.2, 0) is 11.2 Å². The second-order valence-electron chi connectivity index (χ2n) is 7.08. The van der Waals surface area contributed by atoms with Crippen LogP contribution in [0.3, 0.4) is 0 Å². The first-order chi connectivity index (χ1) is 13.9. The van der Waals surface area contributed by atoms with Crippen molar-refractivity contribution in [1.82, 2.24) is 15.3 Å². The minimum absolute atomic E-state index is 0.0410. The quantitative estimate of drug-likeness (QED) is 0.640. The summed E-state index contributed by atoms with van der Waals surface area (Å²) < 4.78 is 19.6. The van der Waals surface area contributed by atoms with Gasteiger partial charge in [-0.05, 0) is 23.8 Å². The lowest BCUT2D eigenvalue weighted by Crippen LogP contribution is -2.62. The lowest BCUT2D eigenvalue weighted by molar-refractivity contribution is -0.172. The number of aromatic nitrogens is 2. The summed E-state index contributed by atoms with van der Waals surface area (Å²) >= 11 is 5.80. The van der Waals surface area contributed by atoms with Gasteiger partial charge in [0.25, 0.3) is 5.91 Å². The first kappa shape index (κ1) is 19.7. The molecule has 0 saturated carbocycles. The molecule has 8 heteroatoms. The molecule has 1 aromatic carbocycles. The third kappa shape index (κ3) is 4.22. The number of hydrogen-bond acceptors (Lipinski definition) is 5. The number of para-hydroxylation sites is 1. The number of rotatable bonds is 4. The Hall–Kier alpha value is -2.61. The van der Waals surface area contributed by atoms with Crippen molar-refractivity contribution < 1.29 is 19.0 Å². The van der Waals surface area contributed by atoms with Gasteiger partial charge in [-0.1, -0.05) is 41.9 Å². The molecule has 0 bridgehead atoms. The SMILES string of the molecule is O=C(N[C@@H]1C(F)OCC[C@@]1(O)Cc1ccc(Cl)nc1)c1ccc2ccccc2n1. The number of nitrogens with one attached hydrogen (secondary N) is 1. The molecule has 1 unspecified atom stereocenters. The Morgan fingerprint density at radius 1 is 1.28 bits per heavy atom. The molecule has 3 aromatic rings. The number of alkyl halides is 1. The molecule has 2 aromatic heterocycles. The molecule has 1 aliphatic rings. The first-order valence-corrected chi connectivity index (χ1v) is 9.58. The lowest BCUT2D eigenvalue weighted by Gasteiger charge is -2.41. The van der Waals surface area contributed by atoms with Gasteiger partial charge >= 0.3 is 0 Å². The summed E-state index contributed by atoms with van der Waals surface area (Å²) in [6.07, 6.45) is -0.0749. The van der Waals surface area contributed by atoms with Crippen molar-refractivity contribution in [2.45, 2.75) is 30.8 Å². The molecule has 0 spiro atoms. The number of pyridine rings is 2. The molecule has 0 aliphatic carbocycles. The van der Waals surface area contributed by atoms with E-state index in [2.05, 4.69) is 15.3 Å². The Bertz CT molecular complexity index is 1030. The molecule has 1 amide bonds. The molecular formula is C21H19ClFN3O3. The van der Waals surface area contributed by atoms with Gasteiger partial charge in [0.1, 0.15) is 16.9 Å². The van der Waals surface area contributed by atoms with Gasteiger partial charge in [0.05, 0.1) is 17.7 Å². The normalized spacial score (nSPS) is 24.4. The Balaban J connectivity index is 1.57. The van der Waals surface area contributed by atoms with Gasteiger partial charge < -0.3 is 15.2 Å². The van der Waals surface area contributed by atoms with Crippen LogP contribution < -0.4 is 5.32 Å². The summed E-state index contributed by atoms with van der Waals surface area (Å²) in [7, 11) is 0. The van der Waals surface area contributed by atoms with E-state index < -0.39 is 23.9 Å². The van der Waals surface area contributed by atoms with Crippen LogP contribution in [0.15, 0.2) is 54.7 Å². The fraction of sp³-hybridized carbons (Fsp3) is 0.286. The van der Waals surface area contributed by atoms with Crippen LogP contribution in [0.4, 0.5) is 4.39 Å². The van der Waals surface area contributed by atoms with Crippen molar-refractivity contribution in [3.05, 3.63) is 71.1 Å². The van der Waals surface area contributed by atoms with Crippen LogP contribution in [0, 0.1) is 0 Å². The predicted octanol–water partition coefficient (Wildman–Crippen LogP) is 3.07. The fourth-order valence-corrected chi connectivity index (χ4v) is 3.63. The number of ether oxygens (including phenoxy) is 1. The van der Waals surface area contributed by atoms with E-state index in [1.807, 2.05) is 18.2 Å². The summed E-state index contributed by atoms with van der Waals surface area (Å²) in [5.74, 6) is -0.582. The third-order valence-electron chi connectivity index (χ3n) is 5.07. The highest BCUT2D eigenvalue weighted by atomic mass is 35.5. The monoisotopic (exact) mass is 415 g/mol. The molecule has 4 rings (SSSR count). The highest BCUT2D eigenvalue weighted by Crippen LogP contribution is 2.30. The van der Waals surface area contributed by atoms with E-state index in [9.17, 15) is 14.3 Å². The highest BCUT2D eigenvalue weighted by molar-refractivity contribution is 6.29. The molecule has 2 N–H and O–H groups in total. The van der Waals surface area contributed by atoms with E-state index >= 15 is 0 Å². The van der Waals surface area contributed by atoms with Crippen molar-refractivity contribution in [2.24, 2.45) is 0 Å². The van der Waals surface area contributed by atoms with E-state index in [1.165, 1.54) is 6.20 Å². The van der Waals surface area contributed by atoms with Crippen LogP contribution in [0.2, 0.25) is 5.15 Å². The number of halogens is 2.